The van der Waals surface area contributed by atoms with Crippen LogP contribution in [-0.4, -0.2) is 19.4 Å². The topological polar surface area (TPSA) is 30.8 Å². The van der Waals surface area contributed by atoms with Gasteiger partial charge in [-0.15, -0.1) is 0 Å². The van der Waals surface area contributed by atoms with E-state index in [1.807, 2.05) is 48.5 Å². The van der Waals surface area contributed by atoms with Crippen molar-refractivity contribution >= 4 is 17.4 Å². The van der Waals surface area contributed by atoms with Crippen molar-refractivity contribution in [2.45, 2.75) is 6.04 Å². The van der Waals surface area contributed by atoms with Crippen molar-refractivity contribution in [3.8, 4) is 11.5 Å². The summed E-state index contributed by atoms with van der Waals surface area (Å²) in [7, 11) is 3.29. The minimum atomic E-state index is -0.163. The molecule has 0 aliphatic heterocycles. The van der Waals surface area contributed by atoms with Crippen LogP contribution in [0.4, 0.5) is 0 Å². The van der Waals surface area contributed by atoms with Crippen LogP contribution in [0, 0.1) is 0 Å². The van der Waals surface area contributed by atoms with Crippen molar-refractivity contribution < 1.29 is 9.47 Å². The zero-order valence-electron chi connectivity index (χ0n) is 11.4. The number of hydrogen-bond acceptors (Lipinski definition) is 4. The highest BCUT2D eigenvalue weighted by atomic mass is 32.1. The van der Waals surface area contributed by atoms with Gasteiger partial charge >= 0.3 is 0 Å². The van der Waals surface area contributed by atoms with Crippen LogP contribution in [0.1, 0.15) is 17.2 Å². The molecule has 2 aromatic carbocycles. The molecule has 0 saturated heterocycles. The molecule has 0 aliphatic carbocycles. The fraction of sp³-hybridized carbons (Fsp3) is 0.188. The molecule has 0 spiro atoms. The Morgan fingerprint density at radius 1 is 0.850 bits per heavy atom. The third kappa shape index (κ3) is 3.23. The van der Waals surface area contributed by atoms with E-state index in [9.17, 15) is 0 Å². The predicted octanol–water partition coefficient (Wildman–Crippen LogP) is 3.90. The van der Waals surface area contributed by atoms with E-state index in [2.05, 4.69) is 10.2 Å². The number of nitrogens with zero attached hydrogens (tertiary/aromatic N) is 1. The Morgan fingerprint density at radius 2 is 1.25 bits per heavy atom. The Bertz CT molecular complexity index is 554. The summed E-state index contributed by atoms with van der Waals surface area (Å²) >= 11 is 4.76. The molecule has 3 nitrogen and oxygen atoms in total. The second kappa shape index (κ2) is 6.85. The molecule has 4 heteroatoms. The van der Waals surface area contributed by atoms with Crippen molar-refractivity contribution in [1.82, 2.24) is 0 Å². The molecule has 2 rings (SSSR count). The van der Waals surface area contributed by atoms with Crippen LogP contribution in [0.25, 0.3) is 0 Å². The minimum absolute atomic E-state index is 0.163. The fourth-order valence-corrected chi connectivity index (χ4v) is 2.07. The average Bonchev–Trinajstić information content (AvgIpc) is 2.53. The van der Waals surface area contributed by atoms with Gasteiger partial charge in [-0.1, -0.05) is 24.3 Å². The van der Waals surface area contributed by atoms with Crippen molar-refractivity contribution in [3.63, 3.8) is 0 Å². The van der Waals surface area contributed by atoms with Crippen LogP contribution in [0.15, 0.2) is 53.5 Å². The van der Waals surface area contributed by atoms with E-state index in [4.69, 9.17) is 21.7 Å². The van der Waals surface area contributed by atoms with Crippen LogP contribution < -0.4 is 9.47 Å². The number of thiocarbonyl (C=S) groups is 1. The molecule has 0 amide bonds. The number of hydrogen-bond donors (Lipinski definition) is 0. The van der Waals surface area contributed by atoms with Gasteiger partial charge < -0.3 is 9.47 Å². The van der Waals surface area contributed by atoms with Gasteiger partial charge in [0.2, 0.25) is 0 Å². The van der Waals surface area contributed by atoms with Crippen LogP contribution in [0.5, 0.6) is 11.5 Å². The summed E-state index contributed by atoms with van der Waals surface area (Å²) in [5, 5.41) is 2.47. The highest BCUT2D eigenvalue weighted by Crippen LogP contribution is 2.28. The van der Waals surface area contributed by atoms with E-state index in [0.717, 1.165) is 22.6 Å². The van der Waals surface area contributed by atoms with Crippen LogP contribution in [0.3, 0.4) is 0 Å². The number of isothiocyanates is 1. The third-order valence-electron chi connectivity index (χ3n) is 3.04. The Balaban J connectivity index is 2.35. The lowest BCUT2D eigenvalue weighted by Gasteiger charge is -2.13. The molecule has 0 bridgehead atoms. The summed E-state index contributed by atoms with van der Waals surface area (Å²) in [6.07, 6.45) is 0. The van der Waals surface area contributed by atoms with Crippen LogP contribution >= 0.6 is 12.2 Å². The number of methoxy groups -OCH3 is 2. The minimum Gasteiger partial charge on any atom is -0.497 e. The number of benzene rings is 2. The quantitative estimate of drug-likeness (QED) is 0.616. The van der Waals surface area contributed by atoms with Gasteiger partial charge in [-0.2, -0.15) is 0 Å². The standard InChI is InChI=1S/C16H15NO2S/c1-18-14-7-3-12(4-8-14)16(17-11-20)13-5-9-15(19-2)10-6-13/h3-10,16H,1-2H3. The molecule has 0 aliphatic rings. The lowest BCUT2D eigenvalue weighted by atomic mass is 9.99. The normalized spacial score (nSPS) is 9.95. The first kappa shape index (κ1) is 14.3. The van der Waals surface area contributed by atoms with E-state index >= 15 is 0 Å². The molecule has 2 aromatic rings. The molecule has 0 saturated carbocycles. The van der Waals surface area contributed by atoms with Gasteiger partial charge in [-0.05, 0) is 47.6 Å². The summed E-state index contributed by atoms with van der Waals surface area (Å²) in [6.45, 7) is 0. The summed E-state index contributed by atoms with van der Waals surface area (Å²) in [4.78, 5) is 4.26. The van der Waals surface area contributed by atoms with Gasteiger partial charge in [0.25, 0.3) is 0 Å². The highest BCUT2D eigenvalue weighted by molar-refractivity contribution is 7.78. The molecule has 102 valence electrons. The van der Waals surface area contributed by atoms with Gasteiger partial charge in [0.1, 0.15) is 17.5 Å². The summed E-state index contributed by atoms with van der Waals surface area (Å²) in [5.74, 6) is 1.63. The lowest BCUT2D eigenvalue weighted by molar-refractivity contribution is 0.414. The van der Waals surface area contributed by atoms with Gasteiger partial charge in [0.15, 0.2) is 0 Å². The molecule has 0 atom stereocenters. The third-order valence-corrected chi connectivity index (χ3v) is 3.15. The Labute approximate surface area is 123 Å². The largest absolute Gasteiger partial charge is 0.497 e. The first-order valence-corrected chi connectivity index (χ1v) is 6.54. The van der Waals surface area contributed by atoms with Crippen LogP contribution in [0.2, 0.25) is 0 Å². The highest BCUT2D eigenvalue weighted by Gasteiger charge is 2.12. The first-order chi connectivity index (χ1) is 9.78. The maximum atomic E-state index is 5.16. The summed E-state index contributed by atoms with van der Waals surface area (Å²) in [6, 6.07) is 15.4. The maximum Gasteiger partial charge on any atom is 0.118 e. The molecule has 0 fully saturated rings. The second-order valence-electron chi connectivity index (χ2n) is 4.17. The van der Waals surface area contributed by atoms with Gasteiger partial charge in [-0.3, -0.25) is 0 Å². The molecule has 0 radical (unpaired) electrons. The molecule has 0 heterocycles. The van der Waals surface area contributed by atoms with E-state index < -0.39 is 0 Å². The summed E-state index contributed by atoms with van der Waals surface area (Å²) in [5.41, 5.74) is 2.07. The van der Waals surface area contributed by atoms with E-state index in [1.54, 1.807) is 14.2 Å². The Hall–Kier alpha value is -2.16. The predicted molar refractivity (Wildman–Crippen MR) is 82.9 cm³/mol. The van der Waals surface area contributed by atoms with E-state index in [0.29, 0.717) is 0 Å². The molecule has 0 N–H and O–H groups in total. The van der Waals surface area contributed by atoms with Crippen molar-refractivity contribution in [2.24, 2.45) is 4.99 Å². The van der Waals surface area contributed by atoms with Gasteiger partial charge in [0.05, 0.1) is 19.4 Å². The average molecular weight is 285 g/mol. The zero-order chi connectivity index (χ0) is 14.4. The number of rotatable bonds is 5. The van der Waals surface area contributed by atoms with Crippen molar-refractivity contribution in [2.75, 3.05) is 14.2 Å². The first-order valence-electron chi connectivity index (χ1n) is 6.13. The molecule has 0 unspecified atom stereocenters. The van der Waals surface area contributed by atoms with E-state index in [1.165, 1.54) is 0 Å². The smallest absolute Gasteiger partial charge is 0.118 e. The van der Waals surface area contributed by atoms with Crippen molar-refractivity contribution in [3.05, 3.63) is 59.7 Å². The zero-order valence-corrected chi connectivity index (χ0v) is 12.2. The lowest BCUT2D eigenvalue weighted by Crippen LogP contribution is -1.98. The summed E-state index contributed by atoms with van der Waals surface area (Å²) < 4.78 is 10.3. The van der Waals surface area contributed by atoms with Gasteiger partial charge in [-0.25, -0.2) is 4.99 Å². The molecular weight excluding hydrogens is 270 g/mol. The Morgan fingerprint density at radius 3 is 1.55 bits per heavy atom. The van der Waals surface area contributed by atoms with E-state index in [-0.39, 0.29) is 6.04 Å². The SMILES string of the molecule is COc1ccc(C(N=C=S)c2ccc(OC)cc2)cc1. The second-order valence-corrected chi connectivity index (χ2v) is 4.35. The van der Waals surface area contributed by atoms with Crippen molar-refractivity contribution in [1.29, 1.82) is 0 Å². The fourth-order valence-electron chi connectivity index (χ4n) is 1.97. The maximum absolute atomic E-state index is 5.16. The molecule has 0 aromatic heterocycles. The van der Waals surface area contributed by atoms with Gasteiger partial charge in [0, 0.05) is 0 Å². The monoisotopic (exact) mass is 285 g/mol. The number of aliphatic imine (C=N–C) groups is 1. The molecule has 20 heavy (non-hydrogen) atoms. The van der Waals surface area contributed by atoms with Crippen LogP contribution in [-0.2, 0) is 0 Å². The molecular formula is C16H15NO2S. The Kier molecular flexibility index (Phi) is 4.88. The number of ether oxygens (including phenoxy) is 2.